The van der Waals surface area contributed by atoms with Crippen molar-refractivity contribution in [3.63, 3.8) is 0 Å². The monoisotopic (exact) mass is 484 g/mol. The maximum Gasteiger partial charge on any atom is 0.344 e. The van der Waals surface area contributed by atoms with Crippen LogP contribution in [0, 0.1) is 0 Å². The Kier molecular flexibility index (Phi) is 4.96. The molecular formula is C27H16O9. The number of hydrogen-bond acceptors (Lipinski definition) is 9. The van der Waals surface area contributed by atoms with Gasteiger partial charge in [0.25, 0.3) is 0 Å². The van der Waals surface area contributed by atoms with Gasteiger partial charge in [-0.1, -0.05) is 12.1 Å². The summed E-state index contributed by atoms with van der Waals surface area (Å²) < 4.78 is 32.1. The minimum absolute atomic E-state index is 0.0863. The lowest BCUT2D eigenvalue weighted by atomic mass is 10.0. The average Bonchev–Trinajstić information content (AvgIpc) is 3.35. The molecule has 1 aliphatic heterocycles. The van der Waals surface area contributed by atoms with Crippen LogP contribution in [0.5, 0.6) is 23.0 Å². The molecule has 0 spiro atoms. The summed E-state index contributed by atoms with van der Waals surface area (Å²) in [4.78, 5) is 37.9. The van der Waals surface area contributed by atoms with Gasteiger partial charge in [0.1, 0.15) is 11.3 Å². The fraction of sp³-hybridized carbons (Fsp3) is 0.0741. The van der Waals surface area contributed by atoms with E-state index in [0.29, 0.717) is 39.2 Å². The van der Waals surface area contributed by atoms with E-state index in [2.05, 4.69) is 0 Å². The van der Waals surface area contributed by atoms with Crippen molar-refractivity contribution in [1.82, 2.24) is 0 Å². The summed E-state index contributed by atoms with van der Waals surface area (Å²) in [6.45, 7) is 0.0863. The normalized spacial score (nSPS) is 12.1. The fourth-order valence-corrected chi connectivity index (χ4v) is 4.09. The van der Waals surface area contributed by atoms with Gasteiger partial charge in [0, 0.05) is 28.5 Å². The number of benzene rings is 3. The minimum atomic E-state index is -0.679. The predicted molar refractivity (Wildman–Crippen MR) is 128 cm³/mol. The van der Waals surface area contributed by atoms with E-state index in [0.717, 1.165) is 0 Å². The standard InChI is InChI=1S/C27H16O9/c1-31-21-4-2-3-14-9-19(27(30)36-25(14)21)18-12-24(28)35-22-11-16(6-7-17(18)22)34-26(29)15-5-8-20-23(10-15)33-13-32-20/h2-12H,13H2,1H3. The molecule has 0 atom stereocenters. The molecule has 1 aliphatic rings. The molecule has 0 N–H and O–H groups in total. The molecule has 3 heterocycles. The molecule has 0 saturated heterocycles. The first-order valence-electron chi connectivity index (χ1n) is 10.8. The molecule has 9 nitrogen and oxygen atoms in total. The topological polar surface area (TPSA) is 114 Å². The number of esters is 1. The molecule has 36 heavy (non-hydrogen) atoms. The number of carbonyl (C=O) groups is 1. The van der Waals surface area contributed by atoms with E-state index in [9.17, 15) is 14.4 Å². The molecule has 0 bridgehead atoms. The Bertz CT molecular complexity index is 1800. The highest BCUT2D eigenvalue weighted by atomic mass is 16.7. The van der Waals surface area contributed by atoms with Crippen molar-refractivity contribution in [3.8, 4) is 34.1 Å². The first-order chi connectivity index (χ1) is 17.5. The zero-order chi connectivity index (χ0) is 24.8. The Labute approximate surface area is 202 Å². The molecule has 0 amide bonds. The van der Waals surface area contributed by atoms with Gasteiger partial charge in [0.2, 0.25) is 6.79 Å². The Morgan fingerprint density at radius 3 is 2.58 bits per heavy atom. The SMILES string of the molecule is COc1cccc2cc(-c3cc(=O)oc4cc(OC(=O)c5ccc6c(c5)OCO6)ccc34)c(=O)oc12. The van der Waals surface area contributed by atoms with Crippen molar-refractivity contribution in [2.24, 2.45) is 0 Å². The summed E-state index contributed by atoms with van der Waals surface area (Å²) >= 11 is 0. The molecule has 5 aromatic rings. The number of fused-ring (bicyclic) bond motifs is 3. The Morgan fingerprint density at radius 2 is 1.72 bits per heavy atom. The van der Waals surface area contributed by atoms with Crippen LogP contribution >= 0.6 is 0 Å². The highest BCUT2D eigenvalue weighted by Gasteiger charge is 2.19. The van der Waals surface area contributed by atoms with Crippen LogP contribution in [0.4, 0.5) is 0 Å². The Hall–Kier alpha value is -5.05. The smallest absolute Gasteiger partial charge is 0.344 e. The van der Waals surface area contributed by atoms with Crippen molar-refractivity contribution in [2.75, 3.05) is 13.9 Å². The third-order valence-electron chi connectivity index (χ3n) is 5.77. The van der Waals surface area contributed by atoms with E-state index in [1.165, 1.54) is 25.3 Å². The van der Waals surface area contributed by atoms with Gasteiger partial charge < -0.3 is 27.8 Å². The Balaban J connectivity index is 1.39. The number of ether oxygens (including phenoxy) is 4. The number of rotatable bonds is 4. The van der Waals surface area contributed by atoms with Crippen LogP contribution in [0.15, 0.2) is 85.2 Å². The van der Waals surface area contributed by atoms with Gasteiger partial charge >= 0.3 is 17.2 Å². The highest BCUT2D eigenvalue weighted by molar-refractivity contribution is 5.97. The van der Waals surface area contributed by atoms with Gasteiger partial charge in [-0.05, 0) is 42.5 Å². The predicted octanol–water partition coefficient (Wildman–Crippen LogP) is 4.52. The van der Waals surface area contributed by atoms with E-state index in [-0.39, 0.29) is 29.3 Å². The summed E-state index contributed by atoms with van der Waals surface area (Å²) in [5, 5.41) is 1.09. The van der Waals surface area contributed by atoms with Crippen LogP contribution in [0.1, 0.15) is 10.4 Å². The van der Waals surface area contributed by atoms with Crippen molar-refractivity contribution < 1.29 is 32.6 Å². The molecular weight excluding hydrogens is 468 g/mol. The van der Waals surface area contributed by atoms with Crippen LogP contribution in [-0.2, 0) is 0 Å². The first kappa shape index (κ1) is 21.5. The average molecular weight is 484 g/mol. The summed E-state index contributed by atoms with van der Waals surface area (Å²) in [5.41, 5.74) is -0.109. The number of carbonyl (C=O) groups excluding carboxylic acids is 1. The molecule has 2 aromatic heterocycles. The number of para-hydroxylation sites is 1. The van der Waals surface area contributed by atoms with E-state index in [1.54, 1.807) is 48.5 Å². The van der Waals surface area contributed by atoms with E-state index < -0.39 is 17.2 Å². The molecule has 0 unspecified atom stereocenters. The second-order valence-corrected chi connectivity index (χ2v) is 7.92. The van der Waals surface area contributed by atoms with Gasteiger partial charge in [0.05, 0.1) is 18.2 Å². The summed E-state index contributed by atoms with van der Waals surface area (Å²) in [6, 6.07) is 17.3. The third kappa shape index (κ3) is 3.63. The van der Waals surface area contributed by atoms with Gasteiger partial charge in [-0.2, -0.15) is 0 Å². The van der Waals surface area contributed by atoms with Crippen LogP contribution < -0.4 is 30.2 Å². The summed E-state index contributed by atoms with van der Waals surface area (Å²) in [6.07, 6.45) is 0. The second-order valence-electron chi connectivity index (χ2n) is 7.92. The molecule has 0 aliphatic carbocycles. The Morgan fingerprint density at radius 1 is 0.861 bits per heavy atom. The largest absolute Gasteiger partial charge is 0.493 e. The first-order valence-corrected chi connectivity index (χ1v) is 10.8. The molecule has 3 aromatic carbocycles. The van der Waals surface area contributed by atoms with Crippen LogP contribution in [0.3, 0.4) is 0 Å². The van der Waals surface area contributed by atoms with E-state index in [4.69, 9.17) is 27.8 Å². The van der Waals surface area contributed by atoms with E-state index >= 15 is 0 Å². The molecule has 6 rings (SSSR count). The number of hydrogen-bond donors (Lipinski definition) is 0. The molecule has 0 radical (unpaired) electrons. The van der Waals surface area contributed by atoms with Crippen LogP contribution in [0.2, 0.25) is 0 Å². The fourth-order valence-electron chi connectivity index (χ4n) is 4.09. The zero-order valence-electron chi connectivity index (χ0n) is 18.7. The van der Waals surface area contributed by atoms with Gasteiger partial charge in [-0.25, -0.2) is 14.4 Å². The van der Waals surface area contributed by atoms with Gasteiger partial charge in [0.15, 0.2) is 22.8 Å². The van der Waals surface area contributed by atoms with Gasteiger partial charge in [-0.3, -0.25) is 0 Å². The molecule has 0 saturated carbocycles. The van der Waals surface area contributed by atoms with Crippen molar-refractivity contribution >= 4 is 27.9 Å². The van der Waals surface area contributed by atoms with Crippen LogP contribution in [0.25, 0.3) is 33.1 Å². The lowest BCUT2D eigenvalue weighted by Gasteiger charge is -2.09. The third-order valence-corrected chi connectivity index (χ3v) is 5.77. The van der Waals surface area contributed by atoms with E-state index in [1.807, 2.05) is 0 Å². The van der Waals surface area contributed by atoms with Crippen molar-refractivity contribution in [2.45, 2.75) is 0 Å². The van der Waals surface area contributed by atoms with Crippen LogP contribution in [-0.4, -0.2) is 19.9 Å². The lowest BCUT2D eigenvalue weighted by Crippen LogP contribution is -2.09. The second kappa shape index (κ2) is 8.31. The van der Waals surface area contributed by atoms with Gasteiger partial charge in [-0.15, -0.1) is 0 Å². The summed E-state index contributed by atoms with van der Waals surface area (Å²) in [5.74, 6) is 0.937. The molecule has 178 valence electrons. The maximum absolute atomic E-state index is 12.9. The lowest BCUT2D eigenvalue weighted by molar-refractivity contribution is 0.0734. The van der Waals surface area contributed by atoms with Crippen molar-refractivity contribution in [1.29, 1.82) is 0 Å². The summed E-state index contributed by atoms with van der Waals surface area (Å²) in [7, 11) is 1.48. The highest BCUT2D eigenvalue weighted by Crippen LogP contribution is 2.34. The quantitative estimate of drug-likeness (QED) is 0.206. The van der Waals surface area contributed by atoms with Crippen molar-refractivity contribution in [3.05, 3.63) is 93.1 Å². The maximum atomic E-state index is 12.9. The number of methoxy groups -OCH3 is 1. The zero-order valence-corrected chi connectivity index (χ0v) is 18.7. The minimum Gasteiger partial charge on any atom is -0.493 e. The molecule has 9 heteroatoms. The molecule has 0 fully saturated rings.